The molecular formula is C16H24IP. The molecule has 0 spiro atoms. The zero-order chi connectivity index (χ0) is 12.7. The van der Waals surface area contributed by atoms with Crippen molar-refractivity contribution in [3.63, 3.8) is 0 Å². The Morgan fingerprint density at radius 2 is 1.56 bits per heavy atom. The monoisotopic (exact) mass is 374 g/mol. The number of hydrogen-bond donors (Lipinski definition) is 0. The van der Waals surface area contributed by atoms with Crippen LogP contribution in [0.2, 0.25) is 0 Å². The third-order valence-corrected chi connectivity index (χ3v) is 21.1. The minimum absolute atomic E-state index is 1.02. The molecule has 0 unspecified atom stereocenters. The summed E-state index contributed by atoms with van der Waals surface area (Å²) in [5, 5.41) is 1.74. The molecule has 3 rings (SSSR count). The van der Waals surface area contributed by atoms with Gasteiger partial charge in [0, 0.05) is 0 Å². The Morgan fingerprint density at radius 1 is 1.00 bits per heavy atom. The molecule has 0 radical (unpaired) electrons. The Bertz CT molecular complexity index is 414. The molecule has 0 nitrogen and oxygen atoms in total. The standard InChI is InChI=1S/C16H24IP/c1-2-18(17,14-8-4-3-5-9-14)15-10-6-7-11-16(18)13-12-15/h3-5,8-9,15-16H,2,6-7,10-13H2,1H3/t15-,16+. The van der Waals surface area contributed by atoms with Gasteiger partial charge in [0.2, 0.25) is 0 Å². The van der Waals surface area contributed by atoms with Gasteiger partial charge in [-0.1, -0.05) is 0 Å². The molecule has 1 aromatic rings. The van der Waals surface area contributed by atoms with Crippen molar-refractivity contribution in [1.82, 2.24) is 0 Å². The second-order valence-corrected chi connectivity index (χ2v) is 18.3. The molecule has 2 aliphatic heterocycles. The van der Waals surface area contributed by atoms with E-state index >= 15 is 0 Å². The first kappa shape index (κ1) is 13.4. The van der Waals surface area contributed by atoms with Gasteiger partial charge in [0.1, 0.15) is 0 Å². The number of hydrogen-bond acceptors (Lipinski definition) is 0. The summed E-state index contributed by atoms with van der Waals surface area (Å²) >= 11 is 3.02. The number of benzene rings is 1. The molecule has 18 heavy (non-hydrogen) atoms. The zero-order valence-electron chi connectivity index (χ0n) is 11.3. The van der Waals surface area contributed by atoms with E-state index in [-0.39, 0.29) is 0 Å². The summed E-state index contributed by atoms with van der Waals surface area (Å²) in [5.41, 5.74) is 2.05. The van der Waals surface area contributed by atoms with Crippen LogP contribution in [0.4, 0.5) is 0 Å². The van der Waals surface area contributed by atoms with Gasteiger partial charge in [0.25, 0.3) is 0 Å². The fraction of sp³-hybridized carbons (Fsp3) is 0.625. The molecule has 0 aromatic heterocycles. The van der Waals surface area contributed by atoms with Gasteiger partial charge in [-0.15, -0.1) is 0 Å². The molecule has 2 fully saturated rings. The maximum absolute atomic E-state index is 3.02. The second kappa shape index (κ2) is 4.74. The molecule has 1 aromatic carbocycles. The molecule has 2 atom stereocenters. The van der Waals surface area contributed by atoms with Crippen molar-refractivity contribution in [1.29, 1.82) is 0 Å². The van der Waals surface area contributed by atoms with E-state index in [9.17, 15) is 0 Å². The fourth-order valence-corrected chi connectivity index (χ4v) is 15.6. The normalized spacial score (nSPS) is 35.3. The molecule has 0 amide bonds. The van der Waals surface area contributed by atoms with Gasteiger partial charge in [0.15, 0.2) is 0 Å². The Morgan fingerprint density at radius 3 is 2.06 bits per heavy atom. The third-order valence-electron chi connectivity index (χ3n) is 5.71. The molecule has 2 saturated heterocycles. The van der Waals surface area contributed by atoms with E-state index in [1.54, 1.807) is 5.30 Å². The summed E-state index contributed by atoms with van der Waals surface area (Å²) in [5.74, 6) is 0. The summed E-state index contributed by atoms with van der Waals surface area (Å²) in [6, 6.07) is 11.6. The molecule has 0 aliphatic carbocycles. The topological polar surface area (TPSA) is 0 Å². The van der Waals surface area contributed by atoms with Crippen LogP contribution in [0.15, 0.2) is 30.3 Å². The van der Waals surface area contributed by atoms with E-state index < -0.39 is 4.25 Å². The first-order valence-electron chi connectivity index (χ1n) is 7.48. The number of fused-ring (bicyclic) bond motifs is 2. The van der Waals surface area contributed by atoms with Crippen LogP contribution in [0, 0.1) is 0 Å². The molecule has 0 saturated carbocycles. The van der Waals surface area contributed by atoms with Crippen molar-refractivity contribution in [2.75, 3.05) is 6.16 Å². The SMILES string of the molecule is CCP1(I)(c2ccccc2)[C@@H]2CCCC[C@H]1CC2. The Kier molecular flexibility index (Phi) is 3.52. The van der Waals surface area contributed by atoms with E-state index in [1.807, 2.05) is 0 Å². The molecule has 2 heteroatoms. The van der Waals surface area contributed by atoms with Crippen molar-refractivity contribution < 1.29 is 0 Å². The minimum atomic E-state index is -1.70. The van der Waals surface area contributed by atoms with Crippen LogP contribution in [-0.2, 0) is 0 Å². The van der Waals surface area contributed by atoms with Crippen LogP contribution in [0.1, 0.15) is 45.4 Å². The van der Waals surface area contributed by atoms with Crippen LogP contribution in [0.25, 0.3) is 0 Å². The summed E-state index contributed by atoms with van der Waals surface area (Å²) in [4.78, 5) is 0. The third kappa shape index (κ3) is 1.66. The van der Waals surface area contributed by atoms with Gasteiger partial charge >= 0.3 is 125 Å². The van der Waals surface area contributed by atoms with Gasteiger partial charge in [0.05, 0.1) is 0 Å². The molecule has 100 valence electrons. The summed E-state index contributed by atoms with van der Waals surface area (Å²) < 4.78 is -1.70. The van der Waals surface area contributed by atoms with E-state index in [4.69, 9.17) is 0 Å². The predicted molar refractivity (Wildman–Crippen MR) is 92.8 cm³/mol. The molecule has 2 heterocycles. The van der Waals surface area contributed by atoms with Gasteiger partial charge in [-0.25, -0.2) is 0 Å². The van der Waals surface area contributed by atoms with Crippen molar-refractivity contribution in [3.8, 4) is 0 Å². The molecule has 2 bridgehead atoms. The van der Waals surface area contributed by atoms with Gasteiger partial charge in [-0.05, 0) is 0 Å². The van der Waals surface area contributed by atoms with Crippen LogP contribution in [-0.4, -0.2) is 17.5 Å². The maximum atomic E-state index is 3.02. The van der Waals surface area contributed by atoms with Gasteiger partial charge < -0.3 is 0 Å². The van der Waals surface area contributed by atoms with Crippen molar-refractivity contribution in [2.45, 2.75) is 56.8 Å². The zero-order valence-corrected chi connectivity index (χ0v) is 14.4. The second-order valence-electron chi connectivity index (χ2n) is 6.15. The van der Waals surface area contributed by atoms with E-state index in [0.29, 0.717) is 0 Å². The average Bonchev–Trinajstić information content (AvgIpc) is 2.59. The van der Waals surface area contributed by atoms with Crippen molar-refractivity contribution in [3.05, 3.63) is 30.3 Å². The first-order valence-corrected chi connectivity index (χ1v) is 12.8. The predicted octanol–water partition coefficient (Wildman–Crippen LogP) is 5.34. The Balaban J connectivity index is 2.18. The molecule has 2 aliphatic rings. The first-order chi connectivity index (χ1) is 8.69. The van der Waals surface area contributed by atoms with E-state index in [0.717, 1.165) is 11.3 Å². The van der Waals surface area contributed by atoms with Crippen molar-refractivity contribution >= 4 is 31.6 Å². The van der Waals surface area contributed by atoms with Crippen LogP contribution >= 0.6 is 26.3 Å². The summed E-state index contributed by atoms with van der Waals surface area (Å²) in [6.45, 7) is 2.48. The van der Waals surface area contributed by atoms with Crippen LogP contribution in [0.5, 0.6) is 0 Å². The summed E-state index contributed by atoms with van der Waals surface area (Å²) in [6.07, 6.45) is 10.4. The Labute approximate surface area is 124 Å². The van der Waals surface area contributed by atoms with E-state index in [1.165, 1.54) is 44.7 Å². The quantitative estimate of drug-likeness (QED) is 0.484. The van der Waals surface area contributed by atoms with Crippen LogP contribution < -0.4 is 5.30 Å². The van der Waals surface area contributed by atoms with Gasteiger partial charge in [-0.2, -0.15) is 0 Å². The average molecular weight is 374 g/mol. The van der Waals surface area contributed by atoms with Crippen LogP contribution in [0.3, 0.4) is 0 Å². The summed E-state index contributed by atoms with van der Waals surface area (Å²) in [7, 11) is 0. The Hall–Kier alpha value is 0.380. The molecule has 0 N–H and O–H groups in total. The fourth-order valence-electron chi connectivity index (χ4n) is 4.73. The number of halogens is 1. The number of rotatable bonds is 2. The van der Waals surface area contributed by atoms with Gasteiger partial charge in [-0.3, -0.25) is 0 Å². The molecular weight excluding hydrogens is 350 g/mol. The van der Waals surface area contributed by atoms with Crippen molar-refractivity contribution in [2.24, 2.45) is 0 Å². The van der Waals surface area contributed by atoms with E-state index in [2.05, 4.69) is 59.3 Å².